The number of nitrogens with zero attached hydrogens (tertiary/aromatic N) is 1. The number of anilines is 1. The highest BCUT2D eigenvalue weighted by Gasteiger charge is 2.11. The molecule has 3 aromatic rings. The highest BCUT2D eigenvalue weighted by molar-refractivity contribution is 7.71. The second-order valence-electron chi connectivity index (χ2n) is 6.58. The number of aromatic amines is 1. The molecule has 0 aliphatic carbocycles. The van der Waals surface area contributed by atoms with Gasteiger partial charge in [0.2, 0.25) is 0 Å². The highest BCUT2D eigenvalue weighted by atomic mass is 32.1. The molecular formula is C21H21N3O4S. The van der Waals surface area contributed by atoms with Crippen molar-refractivity contribution in [2.45, 2.75) is 19.9 Å². The molecule has 0 aliphatic rings. The maximum atomic E-state index is 12.7. The number of ketones is 1. The van der Waals surface area contributed by atoms with Gasteiger partial charge in [-0.25, -0.2) is 0 Å². The number of aromatic nitrogens is 2. The predicted molar refractivity (Wildman–Crippen MR) is 114 cm³/mol. The van der Waals surface area contributed by atoms with Gasteiger partial charge in [-0.1, -0.05) is 12.1 Å². The fourth-order valence-electron chi connectivity index (χ4n) is 2.99. The summed E-state index contributed by atoms with van der Waals surface area (Å²) in [6.45, 7) is 2.45. The van der Waals surface area contributed by atoms with Crippen molar-refractivity contribution in [3.05, 3.63) is 68.7 Å². The van der Waals surface area contributed by atoms with E-state index in [9.17, 15) is 14.4 Å². The number of methoxy groups -OCH3 is 1. The van der Waals surface area contributed by atoms with E-state index in [0.29, 0.717) is 52.1 Å². The quantitative estimate of drug-likeness (QED) is 0.352. The molecule has 2 aromatic carbocycles. The first-order chi connectivity index (χ1) is 13.9. The molecule has 0 fully saturated rings. The summed E-state index contributed by atoms with van der Waals surface area (Å²) in [4.78, 5) is 39.9. The maximum Gasteiger partial charge on any atom is 0.262 e. The minimum atomic E-state index is -0.351. The Labute approximate surface area is 172 Å². The van der Waals surface area contributed by atoms with Gasteiger partial charge in [-0.2, -0.15) is 0 Å². The first-order valence-electron chi connectivity index (χ1n) is 9.09. The molecular weight excluding hydrogens is 390 g/mol. The molecule has 8 heteroatoms. The van der Waals surface area contributed by atoms with Crippen LogP contribution in [0.1, 0.15) is 34.1 Å². The van der Waals surface area contributed by atoms with Crippen molar-refractivity contribution >= 4 is 40.5 Å². The number of ether oxygens (including phenoxy) is 1. The van der Waals surface area contributed by atoms with Crippen molar-refractivity contribution in [3.63, 3.8) is 0 Å². The fourth-order valence-corrected chi connectivity index (χ4v) is 3.27. The first-order valence-corrected chi connectivity index (χ1v) is 9.49. The van der Waals surface area contributed by atoms with Crippen LogP contribution in [0.15, 0.2) is 47.3 Å². The van der Waals surface area contributed by atoms with Gasteiger partial charge in [-0.15, -0.1) is 0 Å². The highest BCUT2D eigenvalue weighted by Crippen LogP contribution is 2.15. The average Bonchev–Trinajstić information content (AvgIpc) is 2.70. The Kier molecular flexibility index (Phi) is 6.36. The maximum absolute atomic E-state index is 12.7. The Morgan fingerprint density at radius 1 is 1.17 bits per heavy atom. The third-order valence-corrected chi connectivity index (χ3v) is 4.82. The summed E-state index contributed by atoms with van der Waals surface area (Å²) >= 11 is 5.30. The van der Waals surface area contributed by atoms with Crippen molar-refractivity contribution in [2.75, 3.05) is 19.0 Å². The van der Waals surface area contributed by atoms with Crippen LogP contribution in [-0.2, 0) is 11.3 Å². The average molecular weight is 411 g/mol. The lowest BCUT2D eigenvalue weighted by Crippen LogP contribution is -2.23. The monoisotopic (exact) mass is 411 g/mol. The molecule has 1 heterocycles. The molecule has 0 radical (unpaired) electrons. The van der Waals surface area contributed by atoms with Gasteiger partial charge < -0.3 is 15.0 Å². The van der Waals surface area contributed by atoms with Crippen LogP contribution >= 0.6 is 12.2 Å². The van der Waals surface area contributed by atoms with E-state index in [4.69, 9.17) is 17.0 Å². The van der Waals surface area contributed by atoms with Crippen LogP contribution in [0.2, 0.25) is 0 Å². The molecule has 3 rings (SSSR count). The van der Waals surface area contributed by atoms with E-state index < -0.39 is 0 Å². The lowest BCUT2D eigenvalue weighted by Gasteiger charge is -2.10. The number of hydrogen-bond acceptors (Lipinski definition) is 5. The zero-order chi connectivity index (χ0) is 21.0. The van der Waals surface area contributed by atoms with Crippen molar-refractivity contribution in [3.8, 4) is 0 Å². The number of amides is 1. The molecule has 7 nitrogen and oxygen atoms in total. The van der Waals surface area contributed by atoms with Crippen LogP contribution in [-0.4, -0.2) is 35.0 Å². The Morgan fingerprint density at radius 2 is 1.97 bits per heavy atom. The zero-order valence-corrected chi connectivity index (χ0v) is 17.0. The van der Waals surface area contributed by atoms with E-state index in [1.165, 1.54) is 11.5 Å². The normalized spacial score (nSPS) is 10.8. The molecule has 0 spiro atoms. The smallest absolute Gasteiger partial charge is 0.262 e. The van der Waals surface area contributed by atoms with Gasteiger partial charge in [0.1, 0.15) is 0 Å². The summed E-state index contributed by atoms with van der Waals surface area (Å²) in [7, 11) is 1.60. The summed E-state index contributed by atoms with van der Waals surface area (Å²) in [5.74, 6) is -0.433. The Morgan fingerprint density at radius 3 is 2.69 bits per heavy atom. The summed E-state index contributed by atoms with van der Waals surface area (Å²) in [5, 5.41) is 3.21. The van der Waals surface area contributed by atoms with Gasteiger partial charge in [0.05, 0.1) is 10.9 Å². The van der Waals surface area contributed by atoms with E-state index >= 15 is 0 Å². The summed E-state index contributed by atoms with van der Waals surface area (Å²) in [5.41, 5.74) is 1.69. The lowest BCUT2D eigenvalue weighted by molar-refractivity contribution is 0.101. The molecule has 2 N–H and O–H groups in total. The minimum Gasteiger partial charge on any atom is -0.385 e. The molecule has 1 amide bonds. The lowest BCUT2D eigenvalue weighted by atomic mass is 10.1. The number of carbonyl (C=O) groups excluding carboxylic acids is 2. The van der Waals surface area contributed by atoms with Crippen molar-refractivity contribution in [1.82, 2.24) is 9.55 Å². The molecule has 0 unspecified atom stereocenters. The van der Waals surface area contributed by atoms with E-state index in [2.05, 4.69) is 10.3 Å². The Hall–Kier alpha value is -3.10. The first kappa shape index (κ1) is 20.6. The molecule has 0 aliphatic heterocycles. The van der Waals surface area contributed by atoms with E-state index in [0.717, 1.165) is 0 Å². The molecule has 1 aromatic heterocycles. The Bertz CT molecular complexity index is 1200. The number of fused-ring (bicyclic) bond motifs is 1. The standard InChI is InChI=1S/C21H21N3O4S/c1-13(25)14-5-3-6-16(11-14)22-19(26)15-7-8-17-18(12-15)23-21(29)24(20(17)27)9-4-10-28-2/h3,5-8,11-12H,4,9-10H2,1-2H3,(H,22,26)(H,23,29). The topological polar surface area (TPSA) is 93.2 Å². The summed E-state index contributed by atoms with van der Waals surface area (Å²) in [6.07, 6.45) is 0.666. The number of H-pyrrole nitrogens is 1. The molecule has 0 bridgehead atoms. The van der Waals surface area contributed by atoms with Crippen LogP contribution in [0.3, 0.4) is 0 Å². The van der Waals surface area contributed by atoms with Gasteiger partial charge in [0.15, 0.2) is 10.6 Å². The Balaban J connectivity index is 1.89. The number of rotatable bonds is 7. The second kappa shape index (κ2) is 8.93. The number of nitrogens with one attached hydrogen (secondary N) is 2. The number of Topliss-reactive ketones (excluding diaryl/α,β-unsaturated/α-hetero) is 1. The summed E-state index contributed by atoms with van der Waals surface area (Å²) in [6, 6.07) is 11.5. The third-order valence-electron chi connectivity index (χ3n) is 4.50. The van der Waals surface area contributed by atoms with E-state index in [-0.39, 0.29) is 17.2 Å². The SMILES string of the molecule is COCCCn1c(=S)[nH]c2cc(C(=O)Nc3cccc(C(C)=O)c3)ccc2c1=O. The largest absolute Gasteiger partial charge is 0.385 e. The van der Waals surface area contributed by atoms with Crippen molar-refractivity contribution < 1.29 is 14.3 Å². The van der Waals surface area contributed by atoms with Crippen LogP contribution < -0.4 is 10.9 Å². The second-order valence-corrected chi connectivity index (χ2v) is 6.97. The van der Waals surface area contributed by atoms with Gasteiger partial charge >= 0.3 is 0 Å². The molecule has 0 saturated carbocycles. The zero-order valence-electron chi connectivity index (χ0n) is 16.2. The fraction of sp³-hybridized carbons (Fsp3) is 0.238. The van der Waals surface area contributed by atoms with Crippen molar-refractivity contribution in [2.24, 2.45) is 0 Å². The molecule has 0 saturated heterocycles. The minimum absolute atomic E-state index is 0.0823. The van der Waals surface area contributed by atoms with E-state index in [1.807, 2.05) is 0 Å². The summed E-state index contributed by atoms with van der Waals surface area (Å²) < 4.78 is 6.81. The number of benzene rings is 2. The van der Waals surface area contributed by atoms with Crippen LogP contribution in [0.4, 0.5) is 5.69 Å². The molecule has 29 heavy (non-hydrogen) atoms. The van der Waals surface area contributed by atoms with Gasteiger partial charge in [-0.05, 0) is 55.9 Å². The third kappa shape index (κ3) is 4.67. The molecule has 0 atom stereocenters. The van der Waals surface area contributed by atoms with Gasteiger partial charge in [0, 0.05) is 37.1 Å². The van der Waals surface area contributed by atoms with Crippen LogP contribution in [0.25, 0.3) is 10.9 Å². The van der Waals surface area contributed by atoms with Gasteiger partial charge in [0.25, 0.3) is 11.5 Å². The molecule has 150 valence electrons. The number of hydrogen-bond donors (Lipinski definition) is 2. The van der Waals surface area contributed by atoms with Crippen molar-refractivity contribution in [1.29, 1.82) is 0 Å². The van der Waals surface area contributed by atoms with E-state index in [1.54, 1.807) is 49.6 Å². The van der Waals surface area contributed by atoms with Crippen LogP contribution in [0, 0.1) is 4.77 Å². The number of carbonyl (C=O) groups is 2. The predicted octanol–water partition coefficient (Wildman–Crippen LogP) is 3.55. The van der Waals surface area contributed by atoms with Crippen LogP contribution in [0.5, 0.6) is 0 Å². The van der Waals surface area contributed by atoms with Gasteiger partial charge in [-0.3, -0.25) is 19.0 Å².